The van der Waals surface area contributed by atoms with Crippen LogP contribution in [0, 0.1) is 0 Å². The molecule has 136 valence electrons. The molecule has 0 atom stereocenters. The monoisotopic (exact) mass is 379 g/mol. The fourth-order valence-electron chi connectivity index (χ4n) is 2.77. The molecular weight excluding hydrogens is 362 g/mol. The molecule has 0 fully saturated rings. The molecule has 0 aliphatic rings. The van der Waals surface area contributed by atoms with Crippen LogP contribution in [0.1, 0.15) is 31.8 Å². The van der Waals surface area contributed by atoms with Gasteiger partial charge in [0.15, 0.2) is 0 Å². The number of hydrogen-bond donors (Lipinski definition) is 1. The maximum atomic E-state index is 12.8. The highest BCUT2D eigenvalue weighted by Crippen LogP contribution is 2.25. The third-order valence-corrected chi connectivity index (χ3v) is 4.46. The Morgan fingerprint density at radius 3 is 2.41 bits per heavy atom. The quantitative estimate of drug-likeness (QED) is 0.637. The smallest absolute Gasteiger partial charge is 0.337 e. The number of halogens is 1. The number of nitrogens with one attached hydrogen (secondary N) is 1. The van der Waals surface area contributed by atoms with Crippen molar-refractivity contribution in [2.75, 3.05) is 12.4 Å². The van der Waals surface area contributed by atoms with Crippen LogP contribution in [0.15, 0.2) is 72.8 Å². The van der Waals surface area contributed by atoms with Gasteiger partial charge >= 0.3 is 5.97 Å². The topological polar surface area (TPSA) is 55.4 Å². The molecule has 4 nitrogen and oxygen atoms in total. The molecule has 0 heterocycles. The van der Waals surface area contributed by atoms with Gasteiger partial charge in [0, 0.05) is 5.56 Å². The normalized spacial score (nSPS) is 10.3. The van der Waals surface area contributed by atoms with Crippen molar-refractivity contribution in [3.05, 3.63) is 100 Å². The highest BCUT2D eigenvalue weighted by molar-refractivity contribution is 6.34. The highest BCUT2D eigenvalue weighted by atomic mass is 35.5. The van der Waals surface area contributed by atoms with Crippen LogP contribution in [0.4, 0.5) is 5.69 Å². The maximum Gasteiger partial charge on any atom is 0.337 e. The van der Waals surface area contributed by atoms with Gasteiger partial charge in [-0.05, 0) is 41.8 Å². The number of amides is 1. The van der Waals surface area contributed by atoms with E-state index in [1.807, 2.05) is 48.5 Å². The summed E-state index contributed by atoms with van der Waals surface area (Å²) >= 11 is 6.18. The van der Waals surface area contributed by atoms with Crippen LogP contribution in [0.3, 0.4) is 0 Å². The van der Waals surface area contributed by atoms with Gasteiger partial charge in [-0.25, -0.2) is 4.79 Å². The summed E-state index contributed by atoms with van der Waals surface area (Å²) in [5.74, 6) is -0.780. The van der Waals surface area contributed by atoms with E-state index in [1.54, 1.807) is 18.2 Å². The molecule has 1 N–H and O–H groups in total. The summed E-state index contributed by atoms with van der Waals surface area (Å²) in [5.41, 5.74) is 3.25. The van der Waals surface area contributed by atoms with E-state index in [-0.39, 0.29) is 5.91 Å². The summed E-state index contributed by atoms with van der Waals surface area (Å²) in [7, 11) is 1.30. The molecular formula is C22H18ClNO3. The zero-order valence-corrected chi connectivity index (χ0v) is 15.5. The molecule has 0 radical (unpaired) electrons. The van der Waals surface area contributed by atoms with Crippen molar-refractivity contribution in [2.45, 2.75) is 6.42 Å². The zero-order valence-electron chi connectivity index (χ0n) is 14.7. The SMILES string of the molecule is COC(=O)c1ccc(Cl)c(NC(=O)c2ccccc2Cc2ccccc2)c1. The van der Waals surface area contributed by atoms with E-state index in [4.69, 9.17) is 16.3 Å². The molecule has 3 aromatic carbocycles. The molecule has 3 rings (SSSR count). The Kier molecular flexibility index (Phi) is 5.89. The van der Waals surface area contributed by atoms with Gasteiger partial charge in [-0.15, -0.1) is 0 Å². The molecule has 27 heavy (non-hydrogen) atoms. The number of carbonyl (C=O) groups is 2. The number of hydrogen-bond acceptors (Lipinski definition) is 3. The van der Waals surface area contributed by atoms with Gasteiger partial charge in [0.05, 0.1) is 23.4 Å². The van der Waals surface area contributed by atoms with E-state index >= 15 is 0 Å². The van der Waals surface area contributed by atoms with Crippen LogP contribution in [0.5, 0.6) is 0 Å². The molecule has 1 amide bonds. The molecule has 0 aromatic heterocycles. The van der Waals surface area contributed by atoms with Crippen LogP contribution in [-0.2, 0) is 11.2 Å². The Balaban J connectivity index is 1.86. The molecule has 0 spiro atoms. The van der Waals surface area contributed by atoms with Crippen molar-refractivity contribution in [1.82, 2.24) is 0 Å². The second-order valence-corrected chi connectivity index (χ2v) is 6.37. The lowest BCUT2D eigenvalue weighted by Crippen LogP contribution is -2.15. The minimum absolute atomic E-state index is 0.287. The summed E-state index contributed by atoms with van der Waals surface area (Å²) in [5, 5.41) is 3.14. The van der Waals surface area contributed by atoms with Crippen LogP contribution < -0.4 is 5.32 Å². The molecule has 0 unspecified atom stereocenters. The van der Waals surface area contributed by atoms with Crippen molar-refractivity contribution in [3.63, 3.8) is 0 Å². The predicted octanol–water partition coefficient (Wildman–Crippen LogP) is 4.97. The summed E-state index contributed by atoms with van der Waals surface area (Å²) in [6, 6.07) is 22.0. The number of ether oxygens (including phenoxy) is 1. The summed E-state index contributed by atoms with van der Waals surface area (Å²) in [6.45, 7) is 0. The van der Waals surface area contributed by atoms with Crippen LogP contribution in [0.2, 0.25) is 5.02 Å². The summed E-state index contributed by atoms with van der Waals surface area (Å²) in [4.78, 5) is 24.6. The summed E-state index contributed by atoms with van der Waals surface area (Å²) < 4.78 is 4.71. The Morgan fingerprint density at radius 2 is 1.67 bits per heavy atom. The lowest BCUT2D eigenvalue weighted by Gasteiger charge is -2.12. The fourth-order valence-corrected chi connectivity index (χ4v) is 2.93. The third kappa shape index (κ3) is 4.54. The number of esters is 1. The Morgan fingerprint density at radius 1 is 0.963 bits per heavy atom. The van der Waals surface area contributed by atoms with E-state index in [9.17, 15) is 9.59 Å². The fraction of sp³-hybridized carbons (Fsp3) is 0.0909. The minimum atomic E-state index is -0.494. The highest BCUT2D eigenvalue weighted by Gasteiger charge is 2.15. The van der Waals surface area contributed by atoms with Gasteiger partial charge in [0.1, 0.15) is 0 Å². The Hall–Kier alpha value is -3.11. The van der Waals surface area contributed by atoms with Crippen LogP contribution >= 0.6 is 11.6 Å². The number of rotatable bonds is 5. The predicted molar refractivity (Wildman–Crippen MR) is 106 cm³/mol. The average Bonchev–Trinajstić information content (AvgIpc) is 2.70. The molecule has 0 aliphatic heterocycles. The molecule has 0 saturated carbocycles. The number of anilines is 1. The Labute approximate surface area is 162 Å². The maximum absolute atomic E-state index is 12.8. The molecule has 0 saturated heterocycles. The van der Waals surface area contributed by atoms with E-state index in [1.165, 1.54) is 13.2 Å². The van der Waals surface area contributed by atoms with Crippen LogP contribution in [0.25, 0.3) is 0 Å². The van der Waals surface area contributed by atoms with Crippen molar-refractivity contribution in [3.8, 4) is 0 Å². The van der Waals surface area contributed by atoms with Gasteiger partial charge in [0.2, 0.25) is 0 Å². The number of methoxy groups -OCH3 is 1. The van der Waals surface area contributed by atoms with E-state index in [0.717, 1.165) is 11.1 Å². The standard InChI is InChI=1S/C22H18ClNO3/c1-27-22(26)17-11-12-19(23)20(14-17)24-21(25)18-10-6-5-9-16(18)13-15-7-3-2-4-8-15/h2-12,14H,13H2,1H3,(H,24,25). The number of benzene rings is 3. The van der Waals surface area contributed by atoms with Crippen molar-refractivity contribution >= 4 is 29.2 Å². The first-order valence-electron chi connectivity index (χ1n) is 8.39. The van der Waals surface area contributed by atoms with Gasteiger partial charge < -0.3 is 10.1 Å². The molecule has 3 aromatic rings. The first-order chi connectivity index (χ1) is 13.1. The molecule has 5 heteroatoms. The van der Waals surface area contributed by atoms with Gasteiger partial charge in [-0.3, -0.25) is 4.79 Å². The van der Waals surface area contributed by atoms with Gasteiger partial charge in [-0.2, -0.15) is 0 Å². The van der Waals surface area contributed by atoms with Gasteiger partial charge in [0.25, 0.3) is 5.91 Å². The van der Waals surface area contributed by atoms with Crippen LogP contribution in [-0.4, -0.2) is 19.0 Å². The van der Waals surface area contributed by atoms with Crippen molar-refractivity contribution in [2.24, 2.45) is 0 Å². The van der Waals surface area contributed by atoms with Crippen molar-refractivity contribution < 1.29 is 14.3 Å². The molecule has 0 bridgehead atoms. The van der Waals surface area contributed by atoms with E-state index in [0.29, 0.717) is 28.3 Å². The number of carbonyl (C=O) groups excluding carboxylic acids is 2. The third-order valence-electron chi connectivity index (χ3n) is 4.14. The lowest BCUT2D eigenvalue weighted by atomic mass is 9.99. The second kappa shape index (κ2) is 8.52. The Bertz CT molecular complexity index is 970. The summed E-state index contributed by atoms with van der Waals surface area (Å²) in [6.07, 6.45) is 0.639. The zero-order chi connectivity index (χ0) is 19.2. The van der Waals surface area contributed by atoms with E-state index in [2.05, 4.69) is 5.32 Å². The average molecular weight is 380 g/mol. The molecule has 0 aliphatic carbocycles. The second-order valence-electron chi connectivity index (χ2n) is 5.96. The first-order valence-corrected chi connectivity index (χ1v) is 8.77. The van der Waals surface area contributed by atoms with Crippen molar-refractivity contribution in [1.29, 1.82) is 0 Å². The van der Waals surface area contributed by atoms with E-state index < -0.39 is 5.97 Å². The lowest BCUT2D eigenvalue weighted by molar-refractivity contribution is 0.0600. The largest absolute Gasteiger partial charge is 0.465 e. The minimum Gasteiger partial charge on any atom is -0.465 e. The first kappa shape index (κ1) is 18.7. The van der Waals surface area contributed by atoms with Gasteiger partial charge in [-0.1, -0.05) is 60.1 Å².